The summed E-state index contributed by atoms with van der Waals surface area (Å²) >= 11 is 6.40. The normalized spacial score (nSPS) is 11.0. The zero-order valence-electron chi connectivity index (χ0n) is 12.7. The molecular formula is C16H14B3ClO2. The maximum atomic E-state index is 10.6. The van der Waals surface area contributed by atoms with E-state index in [2.05, 4.69) is 0 Å². The number of aromatic hydroxyl groups is 2. The van der Waals surface area contributed by atoms with E-state index in [1.54, 1.807) is 6.07 Å². The van der Waals surface area contributed by atoms with Crippen molar-refractivity contribution in [1.29, 1.82) is 0 Å². The Kier molecular flexibility index (Phi) is 3.61. The molecule has 0 spiro atoms. The van der Waals surface area contributed by atoms with Crippen LogP contribution in [0.5, 0.6) is 11.5 Å². The summed E-state index contributed by atoms with van der Waals surface area (Å²) in [5.41, 5.74) is 3.47. The first-order valence-corrected chi connectivity index (χ1v) is 7.50. The minimum absolute atomic E-state index is 0.0823. The van der Waals surface area contributed by atoms with Crippen molar-refractivity contribution in [3.63, 3.8) is 0 Å². The Balaban J connectivity index is 2.51. The van der Waals surface area contributed by atoms with E-state index in [1.807, 2.05) is 53.9 Å². The van der Waals surface area contributed by atoms with Crippen molar-refractivity contribution in [1.82, 2.24) is 0 Å². The highest BCUT2D eigenvalue weighted by Gasteiger charge is 2.21. The second kappa shape index (κ2) is 5.33. The molecule has 3 aromatic carbocycles. The van der Waals surface area contributed by atoms with E-state index in [0.29, 0.717) is 16.1 Å². The highest BCUT2D eigenvalue weighted by molar-refractivity contribution is 6.59. The lowest BCUT2D eigenvalue weighted by molar-refractivity contribution is 0.460. The average molecular weight is 306 g/mol. The Bertz CT molecular complexity index is 881. The van der Waals surface area contributed by atoms with Gasteiger partial charge >= 0.3 is 0 Å². The number of phenolic OH excluding ortho intramolecular Hbond substituents is 2. The van der Waals surface area contributed by atoms with Gasteiger partial charge in [0, 0.05) is 10.6 Å². The van der Waals surface area contributed by atoms with Gasteiger partial charge in [0.15, 0.2) is 0 Å². The number of halogens is 1. The third-order valence-corrected chi connectivity index (χ3v) is 4.75. The molecule has 0 heterocycles. The molecule has 0 saturated carbocycles. The van der Waals surface area contributed by atoms with Gasteiger partial charge in [-0.25, -0.2) is 0 Å². The third kappa shape index (κ3) is 2.08. The van der Waals surface area contributed by atoms with Crippen LogP contribution >= 0.6 is 11.6 Å². The molecule has 0 aliphatic carbocycles. The minimum Gasteiger partial charge on any atom is -0.508 e. The predicted molar refractivity (Wildman–Crippen MR) is 102 cm³/mol. The summed E-state index contributed by atoms with van der Waals surface area (Å²) in [5.74, 6) is 0.165. The summed E-state index contributed by atoms with van der Waals surface area (Å²) in [4.78, 5) is 0. The molecule has 0 radical (unpaired) electrons. The van der Waals surface area contributed by atoms with Gasteiger partial charge in [-0.2, -0.15) is 0 Å². The van der Waals surface area contributed by atoms with Crippen molar-refractivity contribution in [2.75, 3.05) is 0 Å². The molecule has 0 aromatic heterocycles. The van der Waals surface area contributed by atoms with Gasteiger partial charge in [0.25, 0.3) is 0 Å². The lowest BCUT2D eigenvalue weighted by Gasteiger charge is -2.18. The number of hydrogen-bond acceptors (Lipinski definition) is 2. The van der Waals surface area contributed by atoms with Crippen molar-refractivity contribution < 1.29 is 10.2 Å². The summed E-state index contributed by atoms with van der Waals surface area (Å²) in [5, 5.41) is 23.6. The fraction of sp³-hybridized carbons (Fsp3) is 0. The number of rotatable bonds is 1. The summed E-state index contributed by atoms with van der Waals surface area (Å²) < 4.78 is 0. The zero-order chi connectivity index (χ0) is 16.0. The van der Waals surface area contributed by atoms with Crippen LogP contribution in [-0.2, 0) is 0 Å². The molecule has 2 nitrogen and oxygen atoms in total. The van der Waals surface area contributed by atoms with Crippen LogP contribution < -0.4 is 16.4 Å². The summed E-state index contributed by atoms with van der Waals surface area (Å²) in [6.07, 6.45) is 0. The molecule has 0 bridgehead atoms. The Morgan fingerprint density at radius 2 is 1.32 bits per heavy atom. The Morgan fingerprint density at radius 1 is 0.727 bits per heavy atom. The summed E-state index contributed by atoms with van der Waals surface area (Å²) in [7, 11) is 5.58. The number of benzene rings is 3. The molecular weight excluding hydrogens is 292 g/mol. The van der Waals surface area contributed by atoms with E-state index in [0.717, 1.165) is 27.2 Å². The van der Waals surface area contributed by atoms with Crippen LogP contribution in [0.4, 0.5) is 0 Å². The first-order chi connectivity index (χ1) is 10.4. The van der Waals surface area contributed by atoms with Crippen LogP contribution in [0.2, 0.25) is 5.02 Å². The van der Waals surface area contributed by atoms with Gasteiger partial charge < -0.3 is 10.2 Å². The molecule has 0 amide bonds. The van der Waals surface area contributed by atoms with Gasteiger partial charge in [-0.3, -0.25) is 0 Å². The molecule has 0 saturated heterocycles. The molecule has 6 heteroatoms. The largest absolute Gasteiger partial charge is 0.508 e. The fourth-order valence-corrected chi connectivity index (χ4v) is 3.12. The average Bonchev–Trinajstić information content (AvgIpc) is 2.53. The quantitative estimate of drug-likeness (QED) is 0.587. The third-order valence-electron chi connectivity index (χ3n) is 4.44. The zero-order valence-corrected chi connectivity index (χ0v) is 13.5. The maximum Gasteiger partial charge on any atom is 0.143 e. The Labute approximate surface area is 137 Å². The highest BCUT2D eigenvalue weighted by Crippen LogP contribution is 2.42. The van der Waals surface area contributed by atoms with Gasteiger partial charge in [0.2, 0.25) is 0 Å². The number of phenols is 2. The molecule has 22 heavy (non-hydrogen) atoms. The smallest absolute Gasteiger partial charge is 0.143 e. The van der Waals surface area contributed by atoms with E-state index < -0.39 is 0 Å². The van der Waals surface area contributed by atoms with E-state index in [1.165, 1.54) is 0 Å². The Hall–Kier alpha value is -2.00. The van der Waals surface area contributed by atoms with E-state index in [-0.39, 0.29) is 11.5 Å². The van der Waals surface area contributed by atoms with Crippen LogP contribution in [0, 0.1) is 0 Å². The van der Waals surface area contributed by atoms with Crippen molar-refractivity contribution in [2.24, 2.45) is 0 Å². The van der Waals surface area contributed by atoms with Gasteiger partial charge in [0.05, 0.1) is 5.56 Å². The minimum atomic E-state index is 0.0823. The summed E-state index contributed by atoms with van der Waals surface area (Å²) in [6.45, 7) is 0. The maximum absolute atomic E-state index is 10.6. The SMILES string of the molecule is Bc1c(B)c(O)c(-c2c(Cl)ccc3ccccc23)c(O)c1B. The lowest BCUT2D eigenvalue weighted by atomic mass is 9.69. The van der Waals surface area contributed by atoms with Crippen LogP contribution in [-0.4, -0.2) is 33.8 Å². The van der Waals surface area contributed by atoms with Crippen molar-refractivity contribution >= 4 is 62.3 Å². The first-order valence-electron chi connectivity index (χ1n) is 7.12. The second-order valence-electron chi connectivity index (χ2n) is 5.59. The lowest BCUT2D eigenvalue weighted by Crippen LogP contribution is -2.39. The molecule has 0 aliphatic rings. The monoisotopic (exact) mass is 306 g/mol. The molecule has 0 unspecified atom stereocenters. The molecule has 3 rings (SSSR count). The van der Waals surface area contributed by atoms with Gasteiger partial charge in [0.1, 0.15) is 35.0 Å². The van der Waals surface area contributed by atoms with Gasteiger partial charge in [-0.1, -0.05) is 58.3 Å². The second-order valence-corrected chi connectivity index (χ2v) is 6.00. The van der Waals surface area contributed by atoms with Crippen LogP contribution in [0.1, 0.15) is 0 Å². The van der Waals surface area contributed by atoms with Crippen molar-refractivity contribution in [2.45, 2.75) is 0 Å². The van der Waals surface area contributed by atoms with E-state index in [9.17, 15) is 10.2 Å². The number of fused-ring (bicyclic) bond motifs is 1. The summed E-state index contributed by atoms with van der Waals surface area (Å²) in [6, 6.07) is 11.5. The van der Waals surface area contributed by atoms with Crippen LogP contribution in [0.3, 0.4) is 0 Å². The van der Waals surface area contributed by atoms with Crippen molar-refractivity contribution in [3.05, 3.63) is 41.4 Å². The highest BCUT2D eigenvalue weighted by atomic mass is 35.5. The molecule has 0 fully saturated rings. The Morgan fingerprint density at radius 3 is 1.95 bits per heavy atom. The van der Waals surface area contributed by atoms with Gasteiger partial charge in [-0.15, -0.1) is 0 Å². The molecule has 0 atom stereocenters. The number of hydrogen-bond donors (Lipinski definition) is 2. The van der Waals surface area contributed by atoms with Crippen LogP contribution in [0.25, 0.3) is 21.9 Å². The van der Waals surface area contributed by atoms with E-state index >= 15 is 0 Å². The van der Waals surface area contributed by atoms with Crippen molar-refractivity contribution in [3.8, 4) is 22.6 Å². The predicted octanol–water partition coefficient (Wildman–Crippen LogP) is -0.653. The van der Waals surface area contributed by atoms with Gasteiger partial charge in [-0.05, 0) is 16.8 Å². The molecule has 106 valence electrons. The van der Waals surface area contributed by atoms with E-state index in [4.69, 9.17) is 11.6 Å². The fourth-order valence-electron chi connectivity index (χ4n) is 2.86. The van der Waals surface area contributed by atoms with Crippen LogP contribution in [0.15, 0.2) is 36.4 Å². The standard InChI is InChI=1S/C16H14B3ClO2/c17-12-13(18)15(21)11(16(22)14(12)19)10-8-4-2-1-3-7(8)5-6-9(10)20/h1-6,21-22H,17-19H2. The molecule has 0 aliphatic heterocycles. The topological polar surface area (TPSA) is 40.5 Å². The first kappa shape index (κ1) is 14.9. The molecule has 2 N–H and O–H groups in total. The molecule has 3 aromatic rings.